The lowest BCUT2D eigenvalue weighted by Crippen LogP contribution is -2.33. The first-order chi connectivity index (χ1) is 7.15. The fourth-order valence-corrected chi connectivity index (χ4v) is 1.68. The predicted molar refractivity (Wildman–Crippen MR) is 62.2 cm³/mol. The Morgan fingerprint density at radius 2 is 2.07 bits per heavy atom. The second-order valence-corrected chi connectivity index (χ2v) is 3.75. The molecule has 1 amide bonds. The van der Waals surface area contributed by atoms with Gasteiger partial charge in [-0.2, -0.15) is 0 Å². The minimum absolute atomic E-state index is 0.112. The first-order valence-electron chi connectivity index (χ1n) is 5.14. The van der Waals surface area contributed by atoms with E-state index < -0.39 is 6.09 Å². The molecule has 1 unspecified atom stereocenters. The summed E-state index contributed by atoms with van der Waals surface area (Å²) in [5, 5.41) is 2.92. The molecule has 0 aliphatic rings. The lowest BCUT2D eigenvalue weighted by Gasteiger charge is -2.14. The molecule has 1 atom stereocenters. The number of alkyl halides is 1. The molecule has 0 aromatic rings. The van der Waals surface area contributed by atoms with Crippen LogP contribution in [0.1, 0.15) is 26.7 Å². The Morgan fingerprint density at radius 3 is 2.53 bits per heavy atom. The molecule has 0 heterocycles. The minimum atomic E-state index is -0.457. The largest absolute Gasteiger partial charge is 0.450 e. The van der Waals surface area contributed by atoms with Crippen molar-refractivity contribution in [1.82, 2.24) is 5.32 Å². The monoisotopic (exact) mass is 279 g/mol. The molecule has 0 aromatic carbocycles. The van der Waals surface area contributed by atoms with Crippen molar-refractivity contribution in [3.8, 4) is 0 Å². The van der Waals surface area contributed by atoms with Crippen molar-refractivity contribution in [1.29, 1.82) is 0 Å². The van der Waals surface area contributed by atoms with Gasteiger partial charge in [-0.15, -0.1) is 0 Å². The molecule has 0 fully saturated rings. The number of ketones is 1. The first kappa shape index (κ1) is 14.4. The van der Waals surface area contributed by atoms with Crippen molar-refractivity contribution in [3.05, 3.63) is 0 Å². The highest BCUT2D eigenvalue weighted by Gasteiger charge is 2.17. The molecule has 15 heavy (non-hydrogen) atoms. The van der Waals surface area contributed by atoms with E-state index in [9.17, 15) is 9.59 Å². The normalized spacial score (nSPS) is 11.9. The van der Waals surface area contributed by atoms with Gasteiger partial charge in [-0.1, -0.05) is 29.3 Å². The number of amides is 1. The Kier molecular flexibility index (Phi) is 8.37. The molecular weight excluding hydrogens is 262 g/mol. The molecular formula is C10H18BrNO3. The summed E-state index contributed by atoms with van der Waals surface area (Å²) in [5.41, 5.74) is 0. The van der Waals surface area contributed by atoms with Gasteiger partial charge in [0.05, 0.1) is 11.9 Å². The number of rotatable bonds is 7. The van der Waals surface area contributed by atoms with Crippen LogP contribution in [0.25, 0.3) is 0 Å². The van der Waals surface area contributed by atoms with E-state index in [4.69, 9.17) is 4.74 Å². The summed E-state index contributed by atoms with van der Waals surface area (Å²) >= 11 is 3.13. The van der Waals surface area contributed by atoms with Crippen molar-refractivity contribution in [2.75, 3.05) is 18.5 Å². The van der Waals surface area contributed by atoms with Crippen LogP contribution < -0.4 is 5.32 Å². The fourth-order valence-electron chi connectivity index (χ4n) is 1.22. The maximum absolute atomic E-state index is 11.4. The van der Waals surface area contributed by atoms with Crippen LogP contribution >= 0.6 is 15.9 Å². The summed E-state index contributed by atoms with van der Waals surface area (Å²) in [4.78, 5) is 22.4. The summed E-state index contributed by atoms with van der Waals surface area (Å²) in [6, 6.07) is 0. The molecule has 88 valence electrons. The lowest BCUT2D eigenvalue weighted by atomic mass is 10.00. The van der Waals surface area contributed by atoms with Crippen LogP contribution in [0.3, 0.4) is 0 Å². The number of Topliss-reactive ketones (excluding diaryl/α,β-unsaturated/α-hetero) is 1. The molecule has 0 aromatic heterocycles. The van der Waals surface area contributed by atoms with Crippen LogP contribution in [0.5, 0.6) is 0 Å². The summed E-state index contributed by atoms with van der Waals surface area (Å²) < 4.78 is 4.71. The van der Waals surface area contributed by atoms with Gasteiger partial charge in [0.1, 0.15) is 5.78 Å². The van der Waals surface area contributed by atoms with Crippen LogP contribution in [-0.2, 0) is 9.53 Å². The third-order valence-electron chi connectivity index (χ3n) is 1.99. The van der Waals surface area contributed by atoms with Crippen LogP contribution in [0.4, 0.5) is 4.79 Å². The Hall–Kier alpha value is -0.580. The van der Waals surface area contributed by atoms with Gasteiger partial charge in [0.2, 0.25) is 0 Å². The second-order valence-electron chi connectivity index (χ2n) is 3.19. The molecule has 0 aliphatic heterocycles. The number of halogens is 1. The lowest BCUT2D eigenvalue weighted by molar-refractivity contribution is -0.120. The van der Waals surface area contributed by atoms with Crippen molar-refractivity contribution in [2.45, 2.75) is 26.7 Å². The van der Waals surface area contributed by atoms with Gasteiger partial charge in [0, 0.05) is 12.5 Å². The third kappa shape index (κ3) is 6.49. The van der Waals surface area contributed by atoms with Crippen LogP contribution in [0, 0.1) is 5.92 Å². The first-order valence-corrected chi connectivity index (χ1v) is 6.27. The minimum Gasteiger partial charge on any atom is -0.450 e. The highest BCUT2D eigenvalue weighted by molar-refractivity contribution is 9.09. The SMILES string of the molecule is CCCC(CNC(=O)OCC)C(=O)CBr. The van der Waals surface area contributed by atoms with Gasteiger partial charge in [0.25, 0.3) is 0 Å². The van der Waals surface area contributed by atoms with Crippen molar-refractivity contribution < 1.29 is 14.3 Å². The molecule has 0 saturated carbocycles. The maximum atomic E-state index is 11.4. The summed E-state index contributed by atoms with van der Waals surface area (Å²) in [7, 11) is 0. The predicted octanol–water partition coefficient (Wildman–Crippen LogP) is 2.11. The Balaban J connectivity index is 3.95. The van der Waals surface area contributed by atoms with Gasteiger partial charge < -0.3 is 10.1 Å². The van der Waals surface area contributed by atoms with E-state index in [1.807, 2.05) is 6.92 Å². The molecule has 0 bridgehead atoms. The molecule has 0 saturated heterocycles. The Morgan fingerprint density at radius 1 is 1.40 bits per heavy atom. The maximum Gasteiger partial charge on any atom is 0.407 e. The van der Waals surface area contributed by atoms with Crippen molar-refractivity contribution >= 4 is 27.8 Å². The zero-order chi connectivity index (χ0) is 11.7. The smallest absolute Gasteiger partial charge is 0.407 e. The fraction of sp³-hybridized carbons (Fsp3) is 0.800. The number of carbonyl (C=O) groups is 2. The number of hydrogen-bond acceptors (Lipinski definition) is 3. The summed E-state index contributed by atoms with van der Waals surface area (Å²) in [6.45, 7) is 4.46. The van der Waals surface area contributed by atoms with Gasteiger partial charge in [0.15, 0.2) is 0 Å². The molecule has 5 heteroatoms. The summed E-state index contributed by atoms with van der Waals surface area (Å²) in [6.07, 6.45) is 1.26. The van der Waals surface area contributed by atoms with E-state index in [2.05, 4.69) is 21.2 Å². The Labute approximate surface area is 98.9 Å². The molecule has 1 N–H and O–H groups in total. The molecule has 0 rings (SSSR count). The topological polar surface area (TPSA) is 55.4 Å². The van der Waals surface area contributed by atoms with Crippen molar-refractivity contribution in [2.24, 2.45) is 5.92 Å². The zero-order valence-corrected chi connectivity index (χ0v) is 10.8. The van der Waals surface area contributed by atoms with E-state index in [0.717, 1.165) is 12.8 Å². The number of alkyl carbamates (subject to hydrolysis) is 1. The number of ether oxygens (including phenoxy) is 1. The van der Waals surface area contributed by atoms with Crippen molar-refractivity contribution in [3.63, 3.8) is 0 Å². The third-order valence-corrected chi connectivity index (χ3v) is 2.55. The van der Waals surface area contributed by atoms with Gasteiger partial charge in [-0.3, -0.25) is 4.79 Å². The van der Waals surface area contributed by atoms with E-state index >= 15 is 0 Å². The second kappa shape index (κ2) is 8.71. The van der Waals surface area contributed by atoms with E-state index in [1.165, 1.54) is 0 Å². The number of nitrogens with one attached hydrogen (secondary N) is 1. The highest BCUT2D eigenvalue weighted by atomic mass is 79.9. The molecule has 0 radical (unpaired) electrons. The standard InChI is InChI=1S/C10H18BrNO3/c1-3-5-8(9(13)6-11)7-12-10(14)15-4-2/h8H,3-7H2,1-2H3,(H,12,14). The highest BCUT2D eigenvalue weighted by Crippen LogP contribution is 2.08. The van der Waals surface area contributed by atoms with Crippen LogP contribution in [0.15, 0.2) is 0 Å². The van der Waals surface area contributed by atoms with E-state index in [-0.39, 0.29) is 11.7 Å². The van der Waals surface area contributed by atoms with E-state index in [1.54, 1.807) is 6.92 Å². The zero-order valence-electron chi connectivity index (χ0n) is 9.22. The average Bonchev–Trinajstić information content (AvgIpc) is 2.23. The summed E-state index contributed by atoms with van der Waals surface area (Å²) in [5.74, 6) is 0.00688. The van der Waals surface area contributed by atoms with Crippen LogP contribution in [-0.4, -0.2) is 30.4 Å². The van der Waals surface area contributed by atoms with Crippen LogP contribution in [0.2, 0.25) is 0 Å². The average molecular weight is 280 g/mol. The number of hydrogen-bond donors (Lipinski definition) is 1. The van der Waals surface area contributed by atoms with E-state index in [0.29, 0.717) is 18.5 Å². The molecule has 0 spiro atoms. The molecule has 4 nitrogen and oxygen atoms in total. The van der Waals surface area contributed by atoms with Gasteiger partial charge >= 0.3 is 6.09 Å². The Bertz CT molecular complexity index is 209. The van der Waals surface area contributed by atoms with Gasteiger partial charge in [-0.25, -0.2) is 4.79 Å². The molecule has 0 aliphatic carbocycles. The van der Waals surface area contributed by atoms with Gasteiger partial charge in [-0.05, 0) is 13.3 Å². The quantitative estimate of drug-likeness (QED) is 0.727. The number of carbonyl (C=O) groups excluding carboxylic acids is 2.